The molecular weight excluding hydrogens is 260 g/mol. The minimum Gasteiger partial charge on any atom is -0.478 e. The van der Waals surface area contributed by atoms with Gasteiger partial charge in [-0.2, -0.15) is 0 Å². The molecule has 0 spiro atoms. The van der Waals surface area contributed by atoms with Crippen LogP contribution in [0, 0.1) is 0 Å². The highest BCUT2D eigenvalue weighted by molar-refractivity contribution is 5.88. The number of carboxylic acid groups (broad SMARTS) is 1. The number of urea groups is 1. The molecule has 0 saturated heterocycles. The number of nitrogens with one attached hydrogen (secondary N) is 2. The van der Waals surface area contributed by atoms with E-state index < -0.39 is 12.0 Å². The maximum atomic E-state index is 11.6. The van der Waals surface area contributed by atoms with Crippen LogP contribution in [0.25, 0.3) is 0 Å². The lowest BCUT2D eigenvalue weighted by molar-refractivity contribution is 0.0696. The van der Waals surface area contributed by atoms with Crippen molar-refractivity contribution in [1.82, 2.24) is 15.3 Å². The van der Waals surface area contributed by atoms with Gasteiger partial charge in [0.15, 0.2) is 0 Å². The van der Waals surface area contributed by atoms with Crippen LogP contribution in [0.5, 0.6) is 0 Å². The van der Waals surface area contributed by atoms with Gasteiger partial charge in [0.1, 0.15) is 0 Å². The van der Waals surface area contributed by atoms with Crippen LogP contribution in [0.4, 0.5) is 10.7 Å². The number of hydrogen-bond acceptors (Lipinski definition) is 4. The molecule has 2 rings (SSSR count). The van der Waals surface area contributed by atoms with Crippen LogP contribution >= 0.6 is 0 Å². The second kappa shape index (κ2) is 6.28. The van der Waals surface area contributed by atoms with Crippen molar-refractivity contribution in [3.8, 4) is 0 Å². The van der Waals surface area contributed by atoms with E-state index in [0.29, 0.717) is 5.56 Å². The van der Waals surface area contributed by atoms with Crippen molar-refractivity contribution in [3.63, 3.8) is 0 Å². The van der Waals surface area contributed by atoms with Crippen molar-refractivity contribution in [2.75, 3.05) is 5.32 Å². The summed E-state index contributed by atoms with van der Waals surface area (Å²) in [5.74, 6) is -0.807. The largest absolute Gasteiger partial charge is 0.478 e. The zero-order chi connectivity index (χ0) is 14.4. The van der Waals surface area contributed by atoms with E-state index in [-0.39, 0.29) is 18.1 Å². The highest BCUT2D eigenvalue weighted by atomic mass is 16.4. The third kappa shape index (κ3) is 3.77. The number of carbonyl (C=O) groups is 2. The summed E-state index contributed by atoms with van der Waals surface area (Å²) in [5.41, 5.74) is 0.866. The molecule has 7 heteroatoms. The molecule has 1 aromatic carbocycles. The molecule has 0 fully saturated rings. The normalized spacial score (nSPS) is 9.80. The first kappa shape index (κ1) is 13.5. The molecule has 3 N–H and O–H groups in total. The van der Waals surface area contributed by atoms with E-state index in [2.05, 4.69) is 20.6 Å². The Morgan fingerprint density at radius 2 is 1.90 bits per heavy atom. The molecule has 102 valence electrons. The summed E-state index contributed by atoms with van der Waals surface area (Å²) in [4.78, 5) is 30.1. The molecule has 0 unspecified atom stereocenters. The third-order valence-corrected chi connectivity index (χ3v) is 2.42. The standard InChI is InChI=1S/C13H12N4O3/c18-11(19)10-4-1-3-9(7-10)8-16-13(20)17-12-14-5-2-6-15-12/h1-7H,8H2,(H,18,19)(H2,14,15,16,17,20). The predicted molar refractivity (Wildman–Crippen MR) is 71.3 cm³/mol. The van der Waals surface area contributed by atoms with Crippen LogP contribution in [0.1, 0.15) is 15.9 Å². The zero-order valence-electron chi connectivity index (χ0n) is 10.4. The monoisotopic (exact) mass is 272 g/mol. The second-order valence-electron chi connectivity index (χ2n) is 3.89. The van der Waals surface area contributed by atoms with E-state index in [1.165, 1.54) is 24.5 Å². The number of aromatic nitrogens is 2. The molecule has 0 atom stereocenters. The highest BCUT2D eigenvalue weighted by Gasteiger charge is 2.05. The van der Waals surface area contributed by atoms with E-state index in [0.717, 1.165) is 0 Å². The molecule has 2 amide bonds. The summed E-state index contributed by atoms with van der Waals surface area (Å²) in [6.07, 6.45) is 3.03. The molecule has 0 bridgehead atoms. The van der Waals surface area contributed by atoms with Crippen LogP contribution in [0.15, 0.2) is 42.7 Å². The van der Waals surface area contributed by atoms with Gasteiger partial charge in [0.05, 0.1) is 5.56 Å². The number of hydrogen-bond donors (Lipinski definition) is 3. The lowest BCUT2D eigenvalue weighted by atomic mass is 10.1. The van der Waals surface area contributed by atoms with Gasteiger partial charge in [-0.05, 0) is 23.8 Å². The first-order valence-electron chi connectivity index (χ1n) is 5.79. The Kier molecular flexibility index (Phi) is 4.23. The van der Waals surface area contributed by atoms with Gasteiger partial charge < -0.3 is 10.4 Å². The van der Waals surface area contributed by atoms with Crippen molar-refractivity contribution < 1.29 is 14.7 Å². The van der Waals surface area contributed by atoms with Gasteiger partial charge in [0.25, 0.3) is 0 Å². The molecule has 0 saturated carbocycles. The van der Waals surface area contributed by atoms with Crippen LogP contribution in [-0.4, -0.2) is 27.1 Å². The van der Waals surface area contributed by atoms with E-state index in [1.807, 2.05) is 0 Å². The fourth-order valence-corrected chi connectivity index (χ4v) is 1.51. The number of carboxylic acids is 1. The molecule has 0 aliphatic carbocycles. The SMILES string of the molecule is O=C(NCc1cccc(C(=O)O)c1)Nc1ncccn1. The van der Waals surface area contributed by atoms with Gasteiger partial charge in [-0.25, -0.2) is 19.6 Å². The first-order valence-corrected chi connectivity index (χ1v) is 5.79. The van der Waals surface area contributed by atoms with Crippen molar-refractivity contribution in [1.29, 1.82) is 0 Å². The number of amides is 2. The van der Waals surface area contributed by atoms with Gasteiger partial charge in [0, 0.05) is 18.9 Å². The lowest BCUT2D eigenvalue weighted by Gasteiger charge is -2.06. The van der Waals surface area contributed by atoms with Gasteiger partial charge in [-0.1, -0.05) is 12.1 Å². The summed E-state index contributed by atoms with van der Waals surface area (Å²) in [6, 6.07) is 7.52. The number of anilines is 1. The average Bonchev–Trinajstić information content (AvgIpc) is 2.46. The lowest BCUT2D eigenvalue weighted by Crippen LogP contribution is -2.29. The van der Waals surface area contributed by atoms with Crippen molar-refractivity contribution in [2.45, 2.75) is 6.54 Å². The minimum absolute atomic E-state index is 0.177. The highest BCUT2D eigenvalue weighted by Crippen LogP contribution is 2.05. The third-order valence-electron chi connectivity index (χ3n) is 2.42. The Bertz CT molecular complexity index is 616. The Hall–Kier alpha value is -2.96. The van der Waals surface area contributed by atoms with E-state index in [4.69, 9.17) is 5.11 Å². The molecule has 2 aromatic rings. The van der Waals surface area contributed by atoms with Crippen LogP contribution < -0.4 is 10.6 Å². The maximum Gasteiger partial charge on any atom is 0.335 e. The van der Waals surface area contributed by atoms with E-state index >= 15 is 0 Å². The van der Waals surface area contributed by atoms with Crippen molar-refractivity contribution in [2.24, 2.45) is 0 Å². The van der Waals surface area contributed by atoms with Gasteiger partial charge >= 0.3 is 12.0 Å². The Morgan fingerprint density at radius 3 is 2.60 bits per heavy atom. The number of nitrogens with zero attached hydrogens (tertiary/aromatic N) is 2. The molecule has 20 heavy (non-hydrogen) atoms. The molecule has 0 radical (unpaired) electrons. The van der Waals surface area contributed by atoms with Crippen LogP contribution in [0.2, 0.25) is 0 Å². The van der Waals surface area contributed by atoms with Gasteiger partial charge in [-0.15, -0.1) is 0 Å². The summed E-state index contributed by atoms with van der Waals surface area (Å²) in [7, 11) is 0. The fourth-order valence-electron chi connectivity index (χ4n) is 1.51. The number of rotatable bonds is 4. The smallest absolute Gasteiger partial charge is 0.335 e. The van der Waals surface area contributed by atoms with Crippen LogP contribution in [0.3, 0.4) is 0 Å². The topological polar surface area (TPSA) is 104 Å². The second-order valence-corrected chi connectivity index (χ2v) is 3.89. The summed E-state index contributed by atoms with van der Waals surface area (Å²) in [6.45, 7) is 0.208. The van der Waals surface area contributed by atoms with Crippen LogP contribution in [-0.2, 0) is 6.54 Å². The zero-order valence-corrected chi connectivity index (χ0v) is 10.4. The molecule has 1 aromatic heterocycles. The molecule has 0 aliphatic rings. The Morgan fingerprint density at radius 1 is 1.15 bits per heavy atom. The van der Waals surface area contributed by atoms with Gasteiger partial charge in [0.2, 0.25) is 5.95 Å². The Labute approximate surface area is 114 Å². The van der Waals surface area contributed by atoms with E-state index in [9.17, 15) is 9.59 Å². The molecular formula is C13H12N4O3. The average molecular weight is 272 g/mol. The van der Waals surface area contributed by atoms with Crippen molar-refractivity contribution in [3.05, 3.63) is 53.9 Å². The summed E-state index contributed by atoms with van der Waals surface area (Å²) < 4.78 is 0. The fraction of sp³-hybridized carbons (Fsp3) is 0.0769. The predicted octanol–water partition coefficient (Wildman–Crippen LogP) is 1.50. The number of aromatic carboxylic acids is 1. The molecule has 1 heterocycles. The number of carbonyl (C=O) groups excluding carboxylic acids is 1. The first-order chi connectivity index (χ1) is 9.65. The van der Waals surface area contributed by atoms with E-state index in [1.54, 1.807) is 18.2 Å². The number of benzene rings is 1. The quantitative estimate of drug-likeness (QED) is 0.782. The minimum atomic E-state index is -1.01. The van der Waals surface area contributed by atoms with Gasteiger partial charge in [-0.3, -0.25) is 5.32 Å². The van der Waals surface area contributed by atoms with Crippen molar-refractivity contribution >= 4 is 17.9 Å². The summed E-state index contributed by atoms with van der Waals surface area (Å²) in [5, 5.41) is 13.9. The molecule has 0 aliphatic heterocycles. The summed E-state index contributed by atoms with van der Waals surface area (Å²) >= 11 is 0. The Balaban J connectivity index is 1.90. The molecule has 7 nitrogen and oxygen atoms in total. The maximum absolute atomic E-state index is 11.6.